The van der Waals surface area contributed by atoms with Gasteiger partial charge in [0.15, 0.2) is 5.78 Å². The van der Waals surface area contributed by atoms with Crippen LogP contribution in [0.3, 0.4) is 0 Å². The topological polar surface area (TPSA) is 26.3 Å². The highest BCUT2D eigenvalue weighted by atomic mass is 16.5. The van der Waals surface area contributed by atoms with Crippen LogP contribution in [-0.2, 0) is 0 Å². The standard InChI is InChI=1S/C16H16O2/c1-3-18-16-10-9-14(11-15(16)12(2)17)13-7-5-4-6-8-13/h4-11H,3H2,1-2H3. The summed E-state index contributed by atoms with van der Waals surface area (Å²) >= 11 is 0. The number of benzene rings is 2. The average Bonchev–Trinajstić information content (AvgIpc) is 2.40. The summed E-state index contributed by atoms with van der Waals surface area (Å²) in [4.78, 5) is 11.6. The van der Waals surface area contributed by atoms with E-state index in [-0.39, 0.29) is 5.78 Å². The van der Waals surface area contributed by atoms with Gasteiger partial charge in [-0.15, -0.1) is 0 Å². The Morgan fingerprint density at radius 2 is 1.78 bits per heavy atom. The highest BCUT2D eigenvalue weighted by molar-refractivity contribution is 5.98. The van der Waals surface area contributed by atoms with Crippen LogP contribution < -0.4 is 4.74 Å². The maximum Gasteiger partial charge on any atom is 0.163 e. The van der Waals surface area contributed by atoms with Crippen molar-refractivity contribution in [3.63, 3.8) is 0 Å². The van der Waals surface area contributed by atoms with Crippen molar-refractivity contribution < 1.29 is 9.53 Å². The summed E-state index contributed by atoms with van der Waals surface area (Å²) in [6.45, 7) is 4.03. The van der Waals surface area contributed by atoms with Gasteiger partial charge in [0, 0.05) is 0 Å². The SMILES string of the molecule is CCOc1ccc(-c2ccccc2)cc1C(C)=O. The fourth-order valence-electron chi connectivity index (χ4n) is 1.90. The van der Waals surface area contributed by atoms with E-state index < -0.39 is 0 Å². The largest absolute Gasteiger partial charge is 0.493 e. The molecule has 2 heteroatoms. The Balaban J connectivity index is 2.46. The van der Waals surface area contributed by atoms with Crippen LogP contribution in [0.4, 0.5) is 0 Å². The molecular weight excluding hydrogens is 224 g/mol. The second-order valence-electron chi connectivity index (χ2n) is 4.07. The molecular formula is C16H16O2. The summed E-state index contributed by atoms with van der Waals surface area (Å²) in [5.74, 6) is 0.681. The minimum atomic E-state index is 0.0243. The van der Waals surface area contributed by atoms with Crippen molar-refractivity contribution in [3.8, 4) is 16.9 Å². The lowest BCUT2D eigenvalue weighted by atomic mass is 10.0. The third-order valence-corrected chi connectivity index (χ3v) is 2.77. The fourth-order valence-corrected chi connectivity index (χ4v) is 1.90. The van der Waals surface area contributed by atoms with Crippen LogP contribution in [-0.4, -0.2) is 12.4 Å². The predicted octanol–water partition coefficient (Wildman–Crippen LogP) is 3.95. The summed E-state index contributed by atoms with van der Waals surface area (Å²) < 4.78 is 5.47. The molecule has 0 aliphatic rings. The lowest BCUT2D eigenvalue weighted by Gasteiger charge is -2.10. The van der Waals surface area contributed by atoms with E-state index in [4.69, 9.17) is 4.74 Å². The van der Waals surface area contributed by atoms with Crippen LogP contribution in [0, 0.1) is 0 Å². The molecule has 18 heavy (non-hydrogen) atoms. The maximum atomic E-state index is 11.6. The first-order chi connectivity index (χ1) is 8.72. The summed E-state index contributed by atoms with van der Waals surface area (Å²) in [7, 11) is 0. The molecule has 0 heterocycles. The van der Waals surface area contributed by atoms with E-state index in [1.807, 2.05) is 55.5 Å². The fraction of sp³-hybridized carbons (Fsp3) is 0.188. The van der Waals surface area contributed by atoms with Crippen molar-refractivity contribution in [2.45, 2.75) is 13.8 Å². The minimum Gasteiger partial charge on any atom is -0.493 e. The van der Waals surface area contributed by atoms with Crippen LogP contribution in [0.15, 0.2) is 48.5 Å². The van der Waals surface area contributed by atoms with Gasteiger partial charge in [0.1, 0.15) is 5.75 Å². The predicted molar refractivity (Wildman–Crippen MR) is 73.1 cm³/mol. The number of ketones is 1. The van der Waals surface area contributed by atoms with Gasteiger partial charge in [0.2, 0.25) is 0 Å². The van der Waals surface area contributed by atoms with Crippen molar-refractivity contribution in [2.24, 2.45) is 0 Å². The molecule has 2 rings (SSSR count). The Kier molecular flexibility index (Phi) is 3.78. The molecule has 0 saturated carbocycles. The molecule has 2 nitrogen and oxygen atoms in total. The van der Waals surface area contributed by atoms with Crippen LogP contribution in [0.1, 0.15) is 24.2 Å². The van der Waals surface area contributed by atoms with Gasteiger partial charge >= 0.3 is 0 Å². The number of Topliss-reactive ketones (excluding diaryl/α,β-unsaturated/α-hetero) is 1. The van der Waals surface area contributed by atoms with E-state index in [0.717, 1.165) is 11.1 Å². The van der Waals surface area contributed by atoms with Gasteiger partial charge in [-0.1, -0.05) is 36.4 Å². The van der Waals surface area contributed by atoms with Gasteiger partial charge in [0.25, 0.3) is 0 Å². The van der Waals surface area contributed by atoms with Crippen molar-refractivity contribution in [3.05, 3.63) is 54.1 Å². The van der Waals surface area contributed by atoms with Gasteiger partial charge in [-0.25, -0.2) is 0 Å². The average molecular weight is 240 g/mol. The van der Waals surface area contributed by atoms with Crippen LogP contribution in [0.5, 0.6) is 5.75 Å². The van der Waals surface area contributed by atoms with Crippen LogP contribution >= 0.6 is 0 Å². The Morgan fingerprint density at radius 1 is 1.06 bits per heavy atom. The van der Waals surface area contributed by atoms with Crippen molar-refractivity contribution in [1.82, 2.24) is 0 Å². The van der Waals surface area contributed by atoms with E-state index in [2.05, 4.69) is 0 Å². The quantitative estimate of drug-likeness (QED) is 0.756. The normalized spacial score (nSPS) is 10.1. The molecule has 0 unspecified atom stereocenters. The number of ether oxygens (including phenoxy) is 1. The summed E-state index contributed by atoms with van der Waals surface area (Å²) in [5, 5.41) is 0. The lowest BCUT2D eigenvalue weighted by molar-refractivity contribution is 0.101. The molecule has 2 aromatic rings. The zero-order chi connectivity index (χ0) is 13.0. The van der Waals surface area contributed by atoms with Gasteiger partial charge in [0.05, 0.1) is 12.2 Å². The second kappa shape index (κ2) is 5.50. The highest BCUT2D eigenvalue weighted by Gasteiger charge is 2.10. The summed E-state index contributed by atoms with van der Waals surface area (Å²) in [6, 6.07) is 15.7. The van der Waals surface area contributed by atoms with E-state index in [1.165, 1.54) is 0 Å². The molecule has 0 fully saturated rings. The number of carbonyl (C=O) groups is 1. The Bertz CT molecular complexity index is 544. The second-order valence-corrected chi connectivity index (χ2v) is 4.07. The summed E-state index contributed by atoms with van der Waals surface area (Å²) in [5.41, 5.74) is 2.77. The number of hydrogen-bond donors (Lipinski definition) is 0. The molecule has 0 N–H and O–H groups in total. The van der Waals surface area contributed by atoms with Gasteiger partial charge < -0.3 is 4.74 Å². The smallest absolute Gasteiger partial charge is 0.163 e. The molecule has 92 valence electrons. The van der Waals surface area contributed by atoms with E-state index in [0.29, 0.717) is 17.9 Å². The first-order valence-corrected chi connectivity index (χ1v) is 6.05. The first kappa shape index (κ1) is 12.4. The Morgan fingerprint density at radius 3 is 2.39 bits per heavy atom. The van der Waals surface area contributed by atoms with Crippen molar-refractivity contribution in [2.75, 3.05) is 6.61 Å². The molecule has 0 radical (unpaired) electrons. The molecule has 0 aliphatic carbocycles. The molecule has 0 atom stereocenters. The molecule has 0 aromatic heterocycles. The van der Waals surface area contributed by atoms with Crippen molar-refractivity contribution >= 4 is 5.78 Å². The molecule has 0 bridgehead atoms. The maximum absolute atomic E-state index is 11.6. The monoisotopic (exact) mass is 240 g/mol. The highest BCUT2D eigenvalue weighted by Crippen LogP contribution is 2.27. The third kappa shape index (κ3) is 2.59. The molecule has 2 aromatic carbocycles. The van der Waals surface area contributed by atoms with Gasteiger partial charge in [-0.05, 0) is 37.1 Å². The van der Waals surface area contributed by atoms with Crippen molar-refractivity contribution in [1.29, 1.82) is 0 Å². The number of rotatable bonds is 4. The van der Waals surface area contributed by atoms with Crippen LogP contribution in [0.2, 0.25) is 0 Å². The first-order valence-electron chi connectivity index (χ1n) is 6.05. The Labute approximate surface area is 107 Å². The van der Waals surface area contributed by atoms with E-state index >= 15 is 0 Å². The van der Waals surface area contributed by atoms with Gasteiger partial charge in [-0.2, -0.15) is 0 Å². The minimum absolute atomic E-state index is 0.0243. The van der Waals surface area contributed by atoms with Gasteiger partial charge in [-0.3, -0.25) is 4.79 Å². The molecule has 0 amide bonds. The lowest BCUT2D eigenvalue weighted by Crippen LogP contribution is -2.00. The summed E-state index contributed by atoms with van der Waals surface area (Å²) in [6.07, 6.45) is 0. The third-order valence-electron chi connectivity index (χ3n) is 2.77. The van der Waals surface area contributed by atoms with Crippen LogP contribution in [0.25, 0.3) is 11.1 Å². The van der Waals surface area contributed by atoms with E-state index in [1.54, 1.807) is 6.92 Å². The number of hydrogen-bond acceptors (Lipinski definition) is 2. The Hall–Kier alpha value is -2.09. The zero-order valence-electron chi connectivity index (χ0n) is 10.6. The zero-order valence-corrected chi connectivity index (χ0v) is 10.6. The van der Waals surface area contributed by atoms with E-state index in [9.17, 15) is 4.79 Å². The number of carbonyl (C=O) groups excluding carboxylic acids is 1. The molecule has 0 aliphatic heterocycles. The molecule has 0 spiro atoms. The molecule has 0 saturated heterocycles.